The molecule has 0 spiro atoms. The number of aromatic nitrogens is 1. The summed E-state index contributed by atoms with van der Waals surface area (Å²) >= 11 is 0. The second kappa shape index (κ2) is 5.67. The lowest BCUT2D eigenvalue weighted by molar-refractivity contribution is 0.581. The van der Waals surface area contributed by atoms with Crippen molar-refractivity contribution in [2.24, 2.45) is 0 Å². The van der Waals surface area contributed by atoms with E-state index >= 15 is 0 Å². The normalized spacial score (nSPS) is 15.7. The van der Waals surface area contributed by atoms with E-state index in [0.717, 1.165) is 11.6 Å². The molecule has 124 valence electrons. The quantitative estimate of drug-likeness (QED) is 0.582. The maximum absolute atomic E-state index is 14.4. The van der Waals surface area contributed by atoms with E-state index < -0.39 is 17.2 Å². The molecular formula is C17H17F2N5. The number of benzene rings is 1. The molecule has 3 N–H and O–H groups in total. The van der Waals surface area contributed by atoms with Crippen LogP contribution in [0.4, 0.5) is 20.2 Å². The summed E-state index contributed by atoms with van der Waals surface area (Å²) in [6.45, 7) is 3.46. The van der Waals surface area contributed by atoms with Crippen LogP contribution in [0.25, 0.3) is 0 Å². The molecule has 0 radical (unpaired) electrons. The molecule has 2 aromatic rings. The Morgan fingerprint density at radius 2 is 1.92 bits per heavy atom. The summed E-state index contributed by atoms with van der Waals surface area (Å²) < 4.78 is 27.9. The Bertz CT molecular complexity index is 817. The molecular weight excluding hydrogens is 312 g/mol. The molecule has 2 heterocycles. The van der Waals surface area contributed by atoms with Crippen LogP contribution >= 0.6 is 0 Å². The van der Waals surface area contributed by atoms with Crippen LogP contribution in [0.3, 0.4) is 0 Å². The van der Waals surface area contributed by atoms with Crippen molar-refractivity contribution in [3.63, 3.8) is 0 Å². The average molecular weight is 329 g/mol. The van der Waals surface area contributed by atoms with Gasteiger partial charge in [0.15, 0.2) is 5.82 Å². The predicted octanol–water partition coefficient (Wildman–Crippen LogP) is 3.57. The maximum atomic E-state index is 14.4. The summed E-state index contributed by atoms with van der Waals surface area (Å²) in [6, 6.07) is 5.46. The number of hydrogen-bond acceptors (Lipinski definition) is 4. The zero-order chi connectivity index (χ0) is 17.5. The van der Waals surface area contributed by atoms with Crippen LogP contribution in [0, 0.1) is 22.5 Å². The highest BCUT2D eigenvalue weighted by Crippen LogP contribution is 2.38. The van der Waals surface area contributed by atoms with Gasteiger partial charge in [0, 0.05) is 24.9 Å². The van der Waals surface area contributed by atoms with Crippen molar-refractivity contribution >= 4 is 23.0 Å². The second-order valence-corrected chi connectivity index (χ2v) is 6.20. The fourth-order valence-corrected chi connectivity index (χ4v) is 2.72. The minimum atomic E-state index is -0.863. The van der Waals surface area contributed by atoms with E-state index in [1.165, 1.54) is 11.0 Å². The summed E-state index contributed by atoms with van der Waals surface area (Å²) in [6.07, 6.45) is 3.43. The average Bonchev–Trinajstić information content (AvgIpc) is 2.49. The molecule has 0 amide bonds. The lowest BCUT2D eigenvalue weighted by Crippen LogP contribution is -2.56. The van der Waals surface area contributed by atoms with Crippen LogP contribution in [-0.2, 0) is 6.42 Å². The highest BCUT2D eigenvalue weighted by molar-refractivity contribution is 6.24. The predicted molar refractivity (Wildman–Crippen MR) is 89.9 cm³/mol. The molecule has 1 aromatic heterocycles. The van der Waals surface area contributed by atoms with Gasteiger partial charge in [0.2, 0.25) is 0 Å². The number of anilines is 2. The van der Waals surface area contributed by atoms with Crippen LogP contribution in [0.1, 0.15) is 19.4 Å². The molecule has 0 bridgehead atoms. The lowest BCUT2D eigenvalue weighted by atomic mass is 9.96. The Balaban J connectivity index is 2.06. The van der Waals surface area contributed by atoms with Gasteiger partial charge in [0.05, 0.1) is 11.2 Å². The molecule has 0 saturated carbocycles. The molecule has 0 fully saturated rings. The van der Waals surface area contributed by atoms with Gasteiger partial charge in [-0.2, -0.15) is 0 Å². The summed E-state index contributed by atoms with van der Waals surface area (Å²) in [5.74, 6) is -1.45. The lowest BCUT2D eigenvalue weighted by Gasteiger charge is -2.42. The summed E-state index contributed by atoms with van der Waals surface area (Å²) in [5.41, 5.74) is 0.189. The minimum absolute atomic E-state index is 0.000203. The number of nitrogens with one attached hydrogen (secondary N) is 3. The van der Waals surface area contributed by atoms with E-state index in [1.807, 2.05) is 0 Å². The number of fused-ring (bicyclic) bond motifs is 1. The molecule has 0 atom stereocenters. The molecule has 3 rings (SSSR count). The topological polar surface area (TPSA) is 75.9 Å². The molecule has 7 heteroatoms. The third-order valence-corrected chi connectivity index (χ3v) is 3.91. The van der Waals surface area contributed by atoms with Crippen molar-refractivity contribution in [2.75, 3.05) is 10.2 Å². The third-order valence-electron chi connectivity index (χ3n) is 3.91. The molecule has 0 unspecified atom stereocenters. The van der Waals surface area contributed by atoms with Crippen LogP contribution in [0.5, 0.6) is 0 Å². The van der Waals surface area contributed by atoms with E-state index in [1.54, 1.807) is 38.4 Å². The maximum Gasteiger partial charge on any atom is 0.152 e. The Kier molecular flexibility index (Phi) is 3.79. The fourth-order valence-electron chi connectivity index (χ4n) is 2.72. The Morgan fingerprint density at radius 3 is 2.58 bits per heavy atom. The van der Waals surface area contributed by atoms with Crippen molar-refractivity contribution in [2.45, 2.75) is 25.8 Å². The standard InChI is InChI=1S/C17H17F2N5/c1-17(2)16(21)24(14(20)7-10-3-5-22-6-4-10)15-12(19)8-11(18)9-13(15)23-17/h3-6,8-9,20-21,23H,7H2,1-2H3. The smallest absolute Gasteiger partial charge is 0.152 e. The summed E-state index contributed by atoms with van der Waals surface area (Å²) in [5, 5.41) is 19.7. The van der Waals surface area contributed by atoms with E-state index in [4.69, 9.17) is 10.8 Å². The first-order valence-corrected chi connectivity index (χ1v) is 7.42. The Labute approximate surface area is 138 Å². The van der Waals surface area contributed by atoms with Gasteiger partial charge in [0.25, 0.3) is 0 Å². The highest BCUT2D eigenvalue weighted by atomic mass is 19.1. The van der Waals surface area contributed by atoms with Gasteiger partial charge < -0.3 is 5.32 Å². The summed E-state index contributed by atoms with van der Waals surface area (Å²) in [7, 11) is 0. The van der Waals surface area contributed by atoms with Crippen molar-refractivity contribution in [3.05, 3.63) is 53.9 Å². The van der Waals surface area contributed by atoms with Crippen LogP contribution in [0.15, 0.2) is 36.7 Å². The minimum Gasteiger partial charge on any atom is -0.371 e. The molecule has 1 aliphatic heterocycles. The van der Waals surface area contributed by atoms with Gasteiger partial charge in [0.1, 0.15) is 23.2 Å². The molecule has 24 heavy (non-hydrogen) atoms. The van der Waals surface area contributed by atoms with Crippen molar-refractivity contribution in [1.82, 2.24) is 4.98 Å². The number of pyridine rings is 1. The molecule has 1 aliphatic rings. The van der Waals surface area contributed by atoms with E-state index in [9.17, 15) is 8.78 Å². The SMILES string of the molecule is CC1(C)Nc2cc(F)cc(F)c2N(C(=N)Cc2ccncc2)C1=N. The van der Waals surface area contributed by atoms with E-state index in [0.29, 0.717) is 0 Å². The molecule has 1 aromatic carbocycles. The van der Waals surface area contributed by atoms with E-state index in [2.05, 4.69) is 10.3 Å². The first-order chi connectivity index (χ1) is 11.3. The van der Waals surface area contributed by atoms with Crippen molar-refractivity contribution < 1.29 is 8.78 Å². The second-order valence-electron chi connectivity index (χ2n) is 6.20. The monoisotopic (exact) mass is 329 g/mol. The molecule has 0 aliphatic carbocycles. The number of amidine groups is 2. The zero-order valence-electron chi connectivity index (χ0n) is 13.3. The zero-order valence-corrected chi connectivity index (χ0v) is 13.3. The van der Waals surface area contributed by atoms with Gasteiger partial charge in [-0.05, 0) is 37.6 Å². The largest absolute Gasteiger partial charge is 0.371 e. The Hall–Kier alpha value is -2.83. The van der Waals surface area contributed by atoms with Crippen LogP contribution < -0.4 is 10.2 Å². The number of halogens is 2. The highest BCUT2D eigenvalue weighted by Gasteiger charge is 2.39. The fraction of sp³-hybridized carbons (Fsp3) is 0.235. The van der Waals surface area contributed by atoms with Gasteiger partial charge in [-0.25, -0.2) is 8.78 Å². The third kappa shape index (κ3) is 2.73. The molecule has 5 nitrogen and oxygen atoms in total. The molecule has 0 saturated heterocycles. The number of rotatable bonds is 2. The van der Waals surface area contributed by atoms with Gasteiger partial charge in [-0.15, -0.1) is 0 Å². The van der Waals surface area contributed by atoms with Crippen LogP contribution in [-0.4, -0.2) is 22.2 Å². The van der Waals surface area contributed by atoms with Crippen LogP contribution in [0.2, 0.25) is 0 Å². The summed E-state index contributed by atoms with van der Waals surface area (Å²) in [4.78, 5) is 5.16. The van der Waals surface area contributed by atoms with Gasteiger partial charge in [-0.1, -0.05) is 0 Å². The van der Waals surface area contributed by atoms with Crippen molar-refractivity contribution in [1.29, 1.82) is 10.8 Å². The Morgan fingerprint density at radius 1 is 1.25 bits per heavy atom. The van der Waals surface area contributed by atoms with Gasteiger partial charge >= 0.3 is 0 Å². The number of nitrogens with zero attached hydrogens (tertiary/aromatic N) is 2. The first-order valence-electron chi connectivity index (χ1n) is 7.42. The van der Waals surface area contributed by atoms with E-state index in [-0.39, 0.29) is 29.5 Å². The first kappa shape index (κ1) is 16.0. The van der Waals surface area contributed by atoms with Gasteiger partial charge in [-0.3, -0.25) is 20.7 Å². The van der Waals surface area contributed by atoms with Crippen molar-refractivity contribution in [3.8, 4) is 0 Å². The number of hydrogen-bond donors (Lipinski definition) is 3.